The Kier molecular flexibility index (Phi) is 4.92. The maximum atomic E-state index is 12.2. The van der Waals surface area contributed by atoms with Crippen molar-refractivity contribution in [3.8, 4) is 0 Å². The van der Waals surface area contributed by atoms with E-state index < -0.39 is 27.4 Å². The number of esters is 1. The molecule has 1 aromatic carbocycles. The van der Waals surface area contributed by atoms with Gasteiger partial charge >= 0.3 is 11.6 Å². The number of fused-ring (bicyclic) bond motifs is 1. The largest absolute Gasteiger partial charge is 0.461 e. The van der Waals surface area contributed by atoms with E-state index >= 15 is 0 Å². The van der Waals surface area contributed by atoms with Crippen molar-refractivity contribution in [1.29, 1.82) is 0 Å². The van der Waals surface area contributed by atoms with Crippen molar-refractivity contribution in [1.82, 2.24) is 0 Å². The Morgan fingerprint density at radius 2 is 2.04 bits per heavy atom. The molecule has 2 heterocycles. The molecule has 1 fully saturated rings. The van der Waals surface area contributed by atoms with Gasteiger partial charge < -0.3 is 9.15 Å². The summed E-state index contributed by atoms with van der Waals surface area (Å²) in [4.78, 5) is 24.0. The zero-order chi connectivity index (χ0) is 19.1. The van der Waals surface area contributed by atoms with Crippen LogP contribution in [0.5, 0.6) is 0 Å². The Hall–Kier alpha value is -2.15. The van der Waals surface area contributed by atoms with E-state index in [-0.39, 0.29) is 24.5 Å². The van der Waals surface area contributed by atoms with E-state index in [1.807, 2.05) is 19.1 Å². The number of carbonyl (C=O) groups excluding carboxylic acids is 1. The molecule has 0 amide bonds. The molecule has 1 aliphatic rings. The van der Waals surface area contributed by atoms with Gasteiger partial charge in [0.15, 0.2) is 9.84 Å². The van der Waals surface area contributed by atoms with Gasteiger partial charge in [-0.1, -0.05) is 13.8 Å². The van der Waals surface area contributed by atoms with Gasteiger partial charge in [0.05, 0.1) is 17.4 Å². The van der Waals surface area contributed by atoms with Gasteiger partial charge in [0.2, 0.25) is 0 Å². The molecule has 3 rings (SSSR count). The summed E-state index contributed by atoms with van der Waals surface area (Å²) in [6.45, 7) is 6.03. The summed E-state index contributed by atoms with van der Waals surface area (Å²) >= 11 is 0. The number of aryl methyl sites for hydroxylation is 1. The minimum Gasteiger partial charge on any atom is -0.461 e. The zero-order valence-electron chi connectivity index (χ0n) is 15.1. The molecule has 0 radical (unpaired) electrons. The Labute approximate surface area is 152 Å². The summed E-state index contributed by atoms with van der Waals surface area (Å²) < 4.78 is 33.6. The highest BCUT2D eigenvalue weighted by atomic mass is 32.2. The van der Waals surface area contributed by atoms with E-state index in [1.165, 1.54) is 6.07 Å². The Morgan fingerprint density at radius 1 is 1.31 bits per heavy atom. The molecule has 0 N–H and O–H groups in total. The SMILES string of the molecule is Cc1cc2oc(=O)cc(COC(=O)C3CCS(=O)(=O)C3)c2cc1C(C)C. The summed E-state index contributed by atoms with van der Waals surface area (Å²) in [6, 6.07) is 5.10. The minimum atomic E-state index is -3.15. The first-order chi connectivity index (χ1) is 12.2. The third-order valence-electron chi connectivity index (χ3n) is 4.77. The number of ether oxygens (including phenoxy) is 1. The first-order valence-electron chi connectivity index (χ1n) is 8.60. The van der Waals surface area contributed by atoms with Crippen molar-refractivity contribution in [2.24, 2.45) is 5.92 Å². The first kappa shape index (κ1) is 18.6. The van der Waals surface area contributed by atoms with Crippen LogP contribution in [0, 0.1) is 12.8 Å². The molecule has 2 aromatic rings. The fourth-order valence-electron chi connectivity index (χ4n) is 3.38. The summed E-state index contributed by atoms with van der Waals surface area (Å²) in [5.74, 6) is -1.02. The number of sulfone groups is 1. The maximum Gasteiger partial charge on any atom is 0.336 e. The van der Waals surface area contributed by atoms with Crippen LogP contribution in [0.3, 0.4) is 0 Å². The number of rotatable bonds is 4. The summed E-state index contributed by atoms with van der Waals surface area (Å²) in [7, 11) is -3.15. The summed E-state index contributed by atoms with van der Waals surface area (Å²) in [6.07, 6.45) is 0.287. The van der Waals surface area contributed by atoms with Crippen LogP contribution in [0.4, 0.5) is 0 Å². The fourth-order valence-corrected chi connectivity index (χ4v) is 5.11. The van der Waals surface area contributed by atoms with Crippen LogP contribution in [0.1, 0.15) is 42.9 Å². The highest BCUT2D eigenvalue weighted by Gasteiger charge is 2.34. The zero-order valence-corrected chi connectivity index (χ0v) is 15.9. The molecule has 26 heavy (non-hydrogen) atoms. The Morgan fingerprint density at radius 3 is 2.65 bits per heavy atom. The molecule has 0 spiro atoms. The maximum absolute atomic E-state index is 12.2. The van der Waals surface area contributed by atoms with Gasteiger partial charge in [-0.3, -0.25) is 4.79 Å². The lowest BCUT2D eigenvalue weighted by Crippen LogP contribution is -2.19. The van der Waals surface area contributed by atoms with Crippen LogP contribution in [0.2, 0.25) is 0 Å². The van der Waals surface area contributed by atoms with Crippen LogP contribution in [0.25, 0.3) is 11.0 Å². The molecular weight excluding hydrogens is 356 g/mol. The third-order valence-corrected chi connectivity index (χ3v) is 6.54. The van der Waals surface area contributed by atoms with Crippen molar-refractivity contribution < 1.29 is 22.4 Å². The number of hydrogen-bond acceptors (Lipinski definition) is 6. The highest BCUT2D eigenvalue weighted by molar-refractivity contribution is 7.91. The Balaban J connectivity index is 1.88. The molecule has 6 nitrogen and oxygen atoms in total. The van der Waals surface area contributed by atoms with E-state index in [9.17, 15) is 18.0 Å². The molecule has 1 atom stereocenters. The number of carbonyl (C=O) groups is 1. The smallest absolute Gasteiger partial charge is 0.336 e. The van der Waals surface area contributed by atoms with Crippen molar-refractivity contribution in [3.05, 3.63) is 45.3 Å². The lowest BCUT2D eigenvalue weighted by Gasteiger charge is -2.14. The third kappa shape index (κ3) is 3.82. The predicted molar refractivity (Wildman–Crippen MR) is 97.9 cm³/mol. The van der Waals surface area contributed by atoms with E-state index in [0.717, 1.165) is 16.5 Å². The second-order valence-corrected chi connectivity index (χ2v) is 9.39. The number of benzene rings is 1. The van der Waals surface area contributed by atoms with E-state index in [0.29, 0.717) is 17.1 Å². The predicted octanol–water partition coefficient (Wildman–Crippen LogP) is 2.70. The van der Waals surface area contributed by atoms with Gasteiger partial charge in [-0.05, 0) is 42.5 Å². The lowest BCUT2D eigenvalue weighted by atomic mass is 9.95. The van der Waals surface area contributed by atoms with E-state index in [2.05, 4.69) is 13.8 Å². The molecule has 0 aliphatic carbocycles. The van der Waals surface area contributed by atoms with Crippen molar-refractivity contribution in [3.63, 3.8) is 0 Å². The standard InChI is InChI=1S/C19H22O6S/c1-11(2)15-8-16-14(7-18(20)25-17(16)6-12(15)3)9-24-19(21)13-4-5-26(22,23)10-13/h6-8,11,13H,4-5,9-10H2,1-3H3. The Bertz CT molecular complexity index is 1020. The molecule has 140 valence electrons. The molecule has 1 unspecified atom stereocenters. The van der Waals surface area contributed by atoms with Gasteiger partial charge in [-0.2, -0.15) is 0 Å². The topological polar surface area (TPSA) is 90.7 Å². The van der Waals surface area contributed by atoms with E-state index in [1.54, 1.807) is 0 Å². The van der Waals surface area contributed by atoms with Crippen LogP contribution < -0.4 is 5.63 Å². The summed E-state index contributed by atoms with van der Waals surface area (Å²) in [5, 5.41) is 0.728. The quantitative estimate of drug-likeness (QED) is 0.600. The van der Waals surface area contributed by atoms with E-state index in [4.69, 9.17) is 9.15 Å². The van der Waals surface area contributed by atoms with Gasteiger partial charge in [0.1, 0.15) is 12.2 Å². The number of hydrogen-bond donors (Lipinski definition) is 0. The van der Waals surface area contributed by atoms with Gasteiger partial charge in [-0.25, -0.2) is 13.2 Å². The highest BCUT2D eigenvalue weighted by Crippen LogP contribution is 2.27. The second kappa shape index (κ2) is 6.87. The van der Waals surface area contributed by atoms with Crippen molar-refractivity contribution in [2.75, 3.05) is 11.5 Å². The molecule has 1 saturated heterocycles. The molecule has 1 aromatic heterocycles. The summed E-state index contributed by atoms with van der Waals surface area (Å²) in [5.41, 5.74) is 2.66. The van der Waals surface area contributed by atoms with Gasteiger partial charge in [0.25, 0.3) is 0 Å². The molecule has 1 aliphatic heterocycles. The normalized spacial score (nSPS) is 19.2. The molecule has 0 bridgehead atoms. The van der Waals surface area contributed by atoms with Crippen LogP contribution >= 0.6 is 0 Å². The van der Waals surface area contributed by atoms with Crippen molar-refractivity contribution >= 4 is 26.8 Å². The van der Waals surface area contributed by atoms with Crippen LogP contribution in [-0.2, 0) is 26.0 Å². The van der Waals surface area contributed by atoms with Crippen LogP contribution in [0.15, 0.2) is 27.4 Å². The molecule has 0 saturated carbocycles. The fraction of sp³-hybridized carbons (Fsp3) is 0.474. The average Bonchev–Trinajstić information content (AvgIpc) is 2.91. The lowest BCUT2D eigenvalue weighted by molar-refractivity contribution is -0.148. The van der Waals surface area contributed by atoms with Crippen molar-refractivity contribution in [2.45, 2.75) is 39.7 Å². The van der Waals surface area contributed by atoms with Crippen LogP contribution in [-0.4, -0.2) is 25.9 Å². The monoisotopic (exact) mass is 378 g/mol. The average molecular weight is 378 g/mol. The van der Waals surface area contributed by atoms with Gasteiger partial charge in [-0.15, -0.1) is 0 Å². The minimum absolute atomic E-state index is 0.0155. The second-order valence-electron chi connectivity index (χ2n) is 7.16. The first-order valence-corrected chi connectivity index (χ1v) is 10.4. The molecule has 7 heteroatoms. The van der Waals surface area contributed by atoms with Gasteiger partial charge in [0, 0.05) is 17.0 Å². The molecular formula is C19H22O6S.